The average Bonchev–Trinajstić information content (AvgIpc) is 2.71. The van der Waals surface area contributed by atoms with E-state index < -0.39 is 0 Å². The maximum Gasteiger partial charge on any atom is 0.352 e. The smallest absolute Gasteiger partial charge is 0.352 e. The molecule has 0 spiro atoms. The zero-order chi connectivity index (χ0) is 11.8. The Morgan fingerprint density at radius 1 is 1.29 bits per heavy atom. The second-order valence-electron chi connectivity index (χ2n) is 3.84. The van der Waals surface area contributed by atoms with E-state index in [1.165, 1.54) is 4.52 Å². The van der Waals surface area contributed by atoms with Crippen LogP contribution in [0.4, 0.5) is 5.95 Å². The molecular weight excluding hydrogens is 224 g/mol. The molecule has 0 aliphatic carbocycles. The summed E-state index contributed by atoms with van der Waals surface area (Å²) in [6.45, 7) is 4.43. The van der Waals surface area contributed by atoms with Crippen LogP contribution in [0.2, 0.25) is 0 Å². The minimum atomic E-state index is -0.322. The van der Waals surface area contributed by atoms with Crippen LogP contribution in [-0.2, 0) is 4.74 Å². The first-order valence-electron chi connectivity index (χ1n) is 5.40. The summed E-state index contributed by atoms with van der Waals surface area (Å²) in [7, 11) is 0. The van der Waals surface area contributed by atoms with E-state index in [-0.39, 0.29) is 5.69 Å². The molecule has 2 aromatic heterocycles. The van der Waals surface area contributed by atoms with Gasteiger partial charge in [0.25, 0.3) is 5.78 Å². The summed E-state index contributed by atoms with van der Waals surface area (Å²) in [4.78, 5) is 24.8. The Bertz CT molecular complexity index is 597. The number of anilines is 1. The highest BCUT2D eigenvalue weighted by molar-refractivity contribution is 5.37. The summed E-state index contributed by atoms with van der Waals surface area (Å²) in [6.07, 6.45) is 0. The lowest BCUT2D eigenvalue weighted by Crippen LogP contribution is -2.39. The van der Waals surface area contributed by atoms with Crippen LogP contribution in [0, 0.1) is 6.92 Å². The van der Waals surface area contributed by atoms with Gasteiger partial charge in [0.2, 0.25) is 5.95 Å². The van der Waals surface area contributed by atoms with Crippen molar-refractivity contribution in [1.29, 1.82) is 0 Å². The third kappa shape index (κ3) is 1.76. The second-order valence-corrected chi connectivity index (χ2v) is 3.84. The fourth-order valence-corrected chi connectivity index (χ4v) is 1.81. The van der Waals surface area contributed by atoms with Gasteiger partial charge in [-0.15, -0.1) is 9.61 Å². The number of hydrogen-bond donors (Lipinski definition) is 1. The Morgan fingerprint density at radius 2 is 2.06 bits per heavy atom. The van der Waals surface area contributed by atoms with Crippen LogP contribution in [0.15, 0.2) is 4.79 Å². The van der Waals surface area contributed by atoms with E-state index in [0.29, 0.717) is 43.9 Å². The van der Waals surface area contributed by atoms with Gasteiger partial charge in [0.15, 0.2) is 5.82 Å². The Balaban J connectivity index is 2.08. The van der Waals surface area contributed by atoms with Gasteiger partial charge < -0.3 is 9.64 Å². The lowest BCUT2D eigenvalue weighted by molar-refractivity contribution is 0.122. The molecular formula is C9H12N6O2. The first-order chi connectivity index (χ1) is 8.24. The van der Waals surface area contributed by atoms with Crippen molar-refractivity contribution in [3.63, 3.8) is 0 Å². The van der Waals surface area contributed by atoms with Gasteiger partial charge in [-0.05, 0) is 6.92 Å². The van der Waals surface area contributed by atoms with E-state index >= 15 is 0 Å². The van der Waals surface area contributed by atoms with Crippen molar-refractivity contribution < 1.29 is 4.74 Å². The van der Waals surface area contributed by atoms with E-state index in [0.717, 1.165) is 0 Å². The summed E-state index contributed by atoms with van der Waals surface area (Å²) in [5.74, 6) is 1.38. The minimum absolute atomic E-state index is 0.322. The topological polar surface area (TPSA) is 88.4 Å². The summed E-state index contributed by atoms with van der Waals surface area (Å²) in [5, 5.41) is 3.96. The molecule has 1 N–H and O–H groups in total. The highest BCUT2D eigenvalue weighted by Crippen LogP contribution is 2.07. The highest BCUT2D eigenvalue weighted by Gasteiger charge is 2.15. The van der Waals surface area contributed by atoms with Crippen molar-refractivity contribution >= 4 is 11.7 Å². The van der Waals surface area contributed by atoms with Crippen molar-refractivity contribution in [1.82, 2.24) is 24.6 Å². The Labute approximate surface area is 96.3 Å². The van der Waals surface area contributed by atoms with E-state index in [4.69, 9.17) is 4.74 Å². The summed E-state index contributed by atoms with van der Waals surface area (Å²) in [6, 6.07) is 0. The first kappa shape index (κ1) is 10.2. The van der Waals surface area contributed by atoms with Crippen LogP contribution in [0.25, 0.3) is 5.78 Å². The Morgan fingerprint density at radius 3 is 2.82 bits per heavy atom. The number of morpholine rings is 1. The second kappa shape index (κ2) is 3.81. The van der Waals surface area contributed by atoms with Crippen LogP contribution >= 0.6 is 0 Å². The molecule has 8 heteroatoms. The number of H-pyrrole nitrogens is 1. The van der Waals surface area contributed by atoms with Gasteiger partial charge in [0.05, 0.1) is 13.2 Å². The lowest BCUT2D eigenvalue weighted by Gasteiger charge is -2.26. The fourth-order valence-electron chi connectivity index (χ4n) is 1.81. The third-order valence-electron chi connectivity index (χ3n) is 2.62. The number of rotatable bonds is 1. The molecule has 1 saturated heterocycles. The molecule has 0 atom stereocenters. The molecule has 8 nitrogen and oxygen atoms in total. The van der Waals surface area contributed by atoms with Crippen molar-refractivity contribution in [2.24, 2.45) is 0 Å². The number of nitrogens with one attached hydrogen (secondary N) is 1. The Kier molecular flexibility index (Phi) is 2.29. The molecule has 0 bridgehead atoms. The van der Waals surface area contributed by atoms with Crippen molar-refractivity contribution in [2.75, 3.05) is 31.2 Å². The molecule has 17 heavy (non-hydrogen) atoms. The molecule has 1 aliphatic heterocycles. The monoisotopic (exact) mass is 236 g/mol. The number of aryl methyl sites for hydroxylation is 1. The molecule has 90 valence electrons. The molecule has 0 aromatic carbocycles. The first-order valence-corrected chi connectivity index (χ1v) is 5.40. The van der Waals surface area contributed by atoms with E-state index in [1.54, 1.807) is 6.92 Å². The zero-order valence-corrected chi connectivity index (χ0v) is 9.38. The molecule has 0 unspecified atom stereocenters. The van der Waals surface area contributed by atoms with E-state index in [2.05, 4.69) is 20.1 Å². The van der Waals surface area contributed by atoms with Gasteiger partial charge in [0, 0.05) is 13.1 Å². The van der Waals surface area contributed by atoms with Gasteiger partial charge in [-0.1, -0.05) is 0 Å². The van der Waals surface area contributed by atoms with E-state index in [9.17, 15) is 4.79 Å². The van der Waals surface area contributed by atoms with Crippen molar-refractivity contribution in [3.8, 4) is 0 Å². The van der Waals surface area contributed by atoms with Crippen LogP contribution in [-0.4, -0.2) is 50.9 Å². The van der Waals surface area contributed by atoms with Gasteiger partial charge in [-0.3, -0.25) is 4.98 Å². The van der Waals surface area contributed by atoms with Gasteiger partial charge in [0.1, 0.15) is 0 Å². The standard InChI is InChI=1S/C9H12N6O2/c1-6-10-8-11-7(12-9(16)15(8)13-6)14-2-4-17-5-3-14/h2-5H2,1H3,(H,10,11,12,13,16). The van der Waals surface area contributed by atoms with Crippen LogP contribution in [0.3, 0.4) is 0 Å². The highest BCUT2D eigenvalue weighted by atomic mass is 16.5. The predicted octanol–water partition coefficient (Wildman–Crippen LogP) is -1.04. The summed E-state index contributed by atoms with van der Waals surface area (Å²) in [5.41, 5.74) is -0.322. The maximum absolute atomic E-state index is 11.8. The number of hydrogen-bond acceptors (Lipinski definition) is 6. The van der Waals surface area contributed by atoms with Gasteiger partial charge in [-0.2, -0.15) is 9.97 Å². The fraction of sp³-hybridized carbons (Fsp3) is 0.556. The van der Waals surface area contributed by atoms with Crippen molar-refractivity contribution in [2.45, 2.75) is 6.92 Å². The van der Waals surface area contributed by atoms with Crippen LogP contribution in [0.1, 0.15) is 5.82 Å². The number of nitrogens with zero attached hydrogens (tertiary/aromatic N) is 5. The van der Waals surface area contributed by atoms with E-state index in [1.807, 2.05) is 4.90 Å². The number of aromatic amines is 1. The SMILES string of the molecule is Cc1nc2nc(N3CCOCC3)[nH]c(=O)n2n1. The molecule has 1 fully saturated rings. The molecule has 0 radical (unpaired) electrons. The lowest BCUT2D eigenvalue weighted by atomic mass is 10.4. The van der Waals surface area contributed by atoms with Crippen LogP contribution in [0.5, 0.6) is 0 Å². The maximum atomic E-state index is 11.8. The number of ether oxygens (including phenoxy) is 1. The van der Waals surface area contributed by atoms with Crippen LogP contribution < -0.4 is 10.6 Å². The minimum Gasteiger partial charge on any atom is -0.378 e. The number of aromatic nitrogens is 5. The predicted molar refractivity (Wildman–Crippen MR) is 59.2 cm³/mol. The zero-order valence-electron chi connectivity index (χ0n) is 9.38. The molecule has 3 rings (SSSR count). The third-order valence-corrected chi connectivity index (χ3v) is 2.62. The largest absolute Gasteiger partial charge is 0.378 e. The quantitative estimate of drug-likeness (QED) is 0.680. The van der Waals surface area contributed by atoms with Crippen molar-refractivity contribution in [3.05, 3.63) is 16.3 Å². The molecule has 2 aromatic rings. The van der Waals surface area contributed by atoms with Gasteiger partial charge >= 0.3 is 5.69 Å². The Hall–Kier alpha value is -1.96. The summed E-state index contributed by atoms with van der Waals surface area (Å²) >= 11 is 0. The molecule has 3 heterocycles. The number of fused-ring (bicyclic) bond motifs is 1. The normalized spacial score (nSPS) is 16.6. The molecule has 0 amide bonds. The average molecular weight is 236 g/mol. The van der Waals surface area contributed by atoms with Gasteiger partial charge in [-0.25, -0.2) is 4.79 Å². The molecule has 1 aliphatic rings. The summed E-state index contributed by atoms with van der Waals surface area (Å²) < 4.78 is 6.41. The molecule has 0 saturated carbocycles.